The molecule has 0 saturated heterocycles. The molecule has 3 aromatic rings. The van der Waals surface area contributed by atoms with Crippen LogP contribution < -0.4 is 14.2 Å². The second-order valence-electron chi connectivity index (χ2n) is 6.00. The van der Waals surface area contributed by atoms with Crippen molar-refractivity contribution in [2.45, 2.75) is 0 Å². The van der Waals surface area contributed by atoms with Crippen molar-refractivity contribution < 1.29 is 23.8 Å². The lowest BCUT2D eigenvalue weighted by Gasteiger charge is -2.05. The van der Waals surface area contributed by atoms with E-state index in [4.69, 9.17) is 14.2 Å². The topological polar surface area (TPSA) is 74.7 Å². The summed E-state index contributed by atoms with van der Waals surface area (Å²) in [4.78, 5) is 28.6. The SMILES string of the molecule is COc1ccc(/C=C2/Oc3cc(OC(=O)c4ccncc4)ccc3C2=O)cc1. The first-order valence-electron chi connectivity index (χ1n) is 8.48. The van der Waals surface area contributed by atoms with E-state index in [9.17, 15) is 9.59 Å². The van der Waals surface area contributed by atoms with Gasteiger partial charge >= 0.3 is 5.97 Å². The molecule has 6 heteroatoms. The fourth-order valence-corrected chi connectivity index (χ4v) is 2.74. The fraction of sp³-hybridized carbons (Fsp3) is 0.0455. The number of aromatic nitrogens is 1. The van der Waals surface area contributed by atoms with Gasteiger partial charge in [-0.15, -0.1) is 0 Å². The highest BCUT2D eigenvalue weighted by Gasteiger charge is 2.28. The second-order valence-corrected chi connectivity index (χ2v) is 6.00. The normalized spacial score (nSPS) is 13.8. The van der Waals surface area contributed by atoms with Gasteiger partial charge in [0.25, 0.3) is 0 Å². The Morgan fingerprint density at radius 3 is 2.43 bits per heavy atom. The average Bonchev–Trinajstić information content (AvgIpc) is 3.04. The van der Waals surface area contributed by atoms with Crippen LogP contribution in [0, 0.1) is 0 Å². The van der Waals surface area contributed by atoms with Crippen LogP contribution in [0.15, 0.2) is 72.8 Å². The van der Waals surface area contributed by atoms with Gasteiger partial charge in [-0.3, -0.25) is 9.78 Å². The molecule has 0 spiro atoms. The number of Topliss-reactive ketones (excluding diaryl/α,β-unsaturated/α-hetero) is 1. The third kappa shape index (κ3) is 3.48. The van der Waals surface area contributed by atoms with Crippen molar-refractivity contribution in [1.29, 1.82) is 0 Å². The number of esters is 1. The number of benzene rings is 2. The van der Waals surface area contributed by atoms with E-state index in [2.05, 4.69) is 4.98 Å². The molecule has 6 nitrogen and oxygen atoms in total. The summed E-state index contributed by atoms with van der Waals surface area (Å²) >= 11 is 0. The molecule has 0 amide bonds. The van der Waals surface area contributed by atoms with Gasteiger partial charge in [0.15, 0.2) is 5.76 Å². The summed E-state index contributed by atoms with van der Waals surface area (Å²) in [5.41, 5.74) is 1.61. The third-order valence-electron chi connectivity index (χ3n) is 4.18. The van der Waals surface area contributed by atoms with Crippen LogP contribution in [-0.4, -0.2) is 23.8 Å². The van der Waals surface area contributed by atoms with Crippen LogP contribution in [0.25, 0.3) is 6.08 Å². The summed E-state index contributed by atoms with van der Waals surface area (Å²) in [7, 11) is 1.59. The molecule has 2 heterocycles. The lowest BCUT2D eigenvalue weighted by molar-refractivity contribution is 0.0734. The number of methoxy groups -OCH3 is 1. The van der Waals surface area contributed by atoms with Crippen LogP contribution in [-0.2, 0) is 0 Å². The Bertz CT molecular complexity index is 1070. The average molecular weight is 373 g/mol. The smallest absolute Gasteiger partial charge is 0.343 e. The Kier molecular flexibility index (Phi) is 4.60. The molecule has 0 aliphatic carbocycles. The maximum absolute atomic E-state index is 12.5. The molecular weight excluding hydrogens is 358 g/mol. The number of carbonyl (C=O) groups excluding carboxylic acids is 2. The van der Waals surface area contributed by atoms with Gasteiger partial charge in [0.1, 0.15) is 17.2 Å². The van der Waals surface area contributed by atoms with Gasteiger partial charge in [-0.2, -0.15) is 0 Å². The maximum Gasteiger partial charge on any atom is 0.343 e. The standard InChI is InChI=1S/C22H15NO5/c1-26-16-4-2-14(3-5-16)12-20-21(24)18-7-6-17(13-19(18)28-20)27-22(25)15-8-10-23-11-9-15/h2-13H,1H3/b20-12+. The lowest BCUT2D eigenvalue weighted by atomic mass is 10.1. The van der Waals surface area contributed by atoms with Gasteiger partial charge in [-0.1, -0.05) is 12.1 Å². The number of rotatable bonds is 4. The maximum atomic E-state index is 12.5. The summed E-state index contributed by atoms with van der Waals surface area (Å²) in [6, 6.07) is 15.1. The zero-order valence-electron chi connectivity index (χ0n) is 14.9. The van der Waals surface area contributed by atoms with Crippen molar-refractivity contribution in [2.75, 3.05) is 7.11 Å². The van der Waals surface area contributed by atoms with Crippen molar-refractivity contribution >= 4 is 17.8 Å². The van der Waals surface area contributed by atoms with Crippen molar-refractivity contribution in [1.82, 2.24) is 4.98 Å². The molecule has 28 heavy (non-hydrogen) atoms. The third-order valence-corrected chi connectivity index (χ3v) is 4.18. The van der Waals surface area contributed by atoms with Gasteiger partial charge in [-0.05, 0) is 48.0 Å². The Balaban J connectivity index is 1.54. The van der Waals surface area contributed by atoms with Crippen LogP contribution in [0.2, 0.25) is 0 Å². The molecule has 1 aliphatic rings. The summed E-state index contributed by atoms with van der Waals surface area (Å²) in [6.07, 6.45) is 4.68. The van der Waals surface area contributed by atoms with Crippen molar-refractivity contribution in [2.24, 2.45) is 0 Å². The predicted octanol–water partition coefficient (Wildman–Crippen LogP) is 3.93. The van der Waals surface area contributed by atoms with Gasteiger partial charge in [0.05, 0.1) is 18.2 Å². The fourth-order valence-electron chi connectivity index (χ4n) is 2.74. The Labute approximate surface area is 161 Å². The monoisotopic (exact) mass is 373 g/mol. The number of fused-ring (bicyclic) bond motifs is 1. The molecule has 0 unspecified atom stereocenters. The number of pyridine rings is 1. The van der Waals surface area contributed by atoms with E-state index in [1.165, 1.54) is 18.5 Å². The molecule has 4 rings (SSSR count). The lowest BCUT2D eigenvalue weighted by Crippen LogP contribution is -2.08. The van der Waals surface area contributed by atoms with E-state index in [0.29, 0.717) is 22.6 Å². The largest absolute Gasteiger partial charge is 0.497 e. The molecule has 2 aromatic carbocycles. The molecule has 0 atom stereocenters. The molecule has 0 radical (unpaired) electrons. The number of allylic oxidation sites excluding steroid dienone is 1. The molecule has 0 N–H and O–H groups in total. The summed E-state index contributed by atoms with van der Waals surface area (Å²) in [6.45, 7) is 0. The second kappa shape index (κ2) is 7.36. The van der Waals surface area contributed by atoms with E-state index in [1.807, 2.05) is 12.1 Å². The zero-order valence-corrected chi connectivity index (χ0v) is 14.9. The Hall–Kier alpha value is -3.93. The highest BCUT2D eigenvalue weighted by atomic mass is 16.5. The number of carbonyl (C=O) groups is 2. The highest BCUT2D eigenvalue weighted by Crippen LogP contribution is 2.35. The van der Waals surface area contributed by atoms with Gasteiger partial charge in [-0.25, -0.2) is 4.79 Å². The summed E-state index contributed by atoms with van der Waals surface area (Å²) in [5, 5.41) is 0. The van der Waals surface area contributed by atoms with Crippen molar-refractivity contribution in [3.8, 4) is 17.2 Å². The Morgan fingerprint density at radius 2 is 1.71 bits per heavy atom. The number of hydrogen-bond donors (Lipinski definition) is 0. The summed E-state index contributed by atoms with van der Waals surface area (Å²) in [5.74, 6) is 0.838. The molecule has 0 fully saturated rings. The van der Waals surface area contributed by atoms with Crippen molar-refractivity contribution in [3.05, 3.63) is 89.4 Å². The molecule has 1 aromatic heterocycles. The van der Waals surface area contributed by atoms with Crippen molar-refractivity contribution in [3.63, 3.8) is 0 Å². The number of nitrogens with zero attached hydrogens (tertiary/aromatic N) is 1. The zero-order chi connectivity index (χ0) is 19.5. The van der Waals surface area contributed by atoms with E-state index >= 15 is 0 Å². The first-order valence-corrected chi connectivity index (χ1v) is 8.48. The van der Waals surface area contributed by atoms with Crippen LogP contribution in [0.3, 0.4) is 0 Å². The number of ether oxygens (including phenoxy) is 3. The number of ketones is 1. The minimum Gasteiger partial charge on any atom is -0.497 e. The van der Waals surface area contributed by atoms with E-state index < -0.39 is 5.97 Å². The van der Waals surface area contributed by atoms with Gasteiger partial charge < -0.3 is 14.2 Å². The van der Waals surface area contributed by atoms with E-state index in [0.717, 1.165) is 11.3 Å². The molecule has 0 saturated carbocycles. The minimum atomic E-state index is -0.513. The molecule has 0 bridgehead atoms. The highest BCUT2D eigenvalue weighted by molar-refractivity contribution is 6.14. The van der Waals surface area contributed by atoms with Crippen LogP contribution in [0.1, 0.15) is 26.3 Å². The first-order chi connectivity index (χ1) is 13.6. The van der Waals surface area contributed by atoms with Crippen LogP contribution in [0.4, 0.5) is 0 Å². The van der Waals surface area contributed by atoms with Gasteiger partial charge in [0, 0.05) is 18.5 Å². The van der Waals surface area contributed by atoms with Crippen LogP contribution in [0.5, 0.6) is 17.2 Å². The molecular formula is C22H15NO5. The van der Waals surface area contributed by atoms with E-state index in [-0.39, 0.29) is 11.5 Å². The van der Waals surface area contributed by atoms with E-state index in [1.54, 1.807) is 49.6 Å². The van der Waals surface area contributed by atoms with Gasteiger partial charge in [0.2, 0.25) is 5.78 Å². The van der Waals surface area contributed by atoms with Crippen LogP contribution >= 0.6 is 0 Å². The molecule has 138 valence electrons. The predicted molar refractivity (Wildman–Crippen MR) is 102 cm³/mol. The first kappa shape index (κ1) is 17.5. The quantitative estimate of drug-likeness (QED) is 0.392. The minimum absolute atomic E-state index is 0.206. The Morgan fingerprint density at radius 1 is 1.00 bits per heavy atom. The summed E-state index contributed by atoms with van der Waals surface area (Å²) < 4.78 is 16.2. The molecule has 1 aliphatic heterocycles. The number of hydrogen-bond acceptors (Lipinski definition) is 6.